The SMILES string of the molecule is CC1(C)C(c2ccc(N(c3ccc(-c4ccc(-c5ccccc5)cc4)cc3)c3ccc(-c4ccc5ccccc5c4)cc3)cc2)=Cc2ccccc21. The molecule has 0 fully saturated rings. The second-order valence-corrected chi connectivity index (χ2v) is 14.3. The van der Waals surface area contributed by atoms with Crippen LogP contribution in [0.15, 0.2) is 194 Å². The second-order valence-electron chi connectivity index (χ2n) is 14.3. The Balaban J connectivity index is 1.06. The van der Waals surface area contributed by atoms with Crippen LogP contribution in [0.4, 0.5) is 17.1 Å². The predicted molar refractivity (Wildman–Crippen MR) is 222 cm³/mol. The zero-order valence-electron chi connectivity index (χ0n) is 29.5. The molecule has 52 heavy (non-hydrogen) atoms. The molecule has 0 atom stereocenters. The van der Waals surface area contributed by atoms with Crippen LogP contribution in [-0.2, 0) is 5.41 Å². The van der Waals surface area contributed by atoms with Gasteiger partial charge in [-0.05, 0) is 115 Å². The third-order valence-corrected chi connectivity index (χ3v) is 10.7. The molecule has 0 aliphatic heterocycles. The molecule has 0 radical (unpaired) electrons. The average Bonchev–Trinajstić information content (AvgIpc) is 3.49. The summed E-state index contributed by atoms with van der Waals surface area (Å²) in [5, 5.41) is 2.51. The highest BCUT2D eigenvalue weighted by Crippen LogP contribution is 2.47. The first-order valence-corrected chi connectivity index (χ1v) is 18.1. The monoisotopic (exact) mass is 665 g/mol. The molecule has 9 rings (SSSR count). The molecule has 248 valence electrons. The first-order chi connectivity index (χ1) is 25.5. The zero-order valence-corrected chi connectivity index (χ0v) is 29.5. The maximum absolute atomic E-state index is 2.36. The second kappa shape index (κ2) is 13.0. The van der Waals surface area contributed by atoms with E-state index >= 15 is 0 Å². The average molecular weight is 666 g/mol. The number of hydrogen-bond acceptors (Lipinski definition) is 1. The lowest BCUT2D eigenvalue weighted by atomic mass is 9.78. The van der Waals surface area contributed by atoms with Crippen LogP contribution in [0.3, 0.4) is 0 Å². The first kappa shape index (κ1) is 31.5. The van der Waals surface area contributed by atoms with E-state index in [-0.39, 0.29) is 5.41 Å². The molecule has 0 unspecified atom stereocenters. The quantitative estimate of drug-likeness (QED) is 0.164. The van der Waals surface area contributed by atoms with Gasteiger partial charge in [-0.1, -0.05) is 166 Å². The molecular formula is C51H39N. The Hall–Kier alpha value is -6.44. The van der Waals surface area contributed by atoms with Gasteiger partial charge in [0.2, 0.25) is 0 Å². The van der Waals surface area contributed by atoms with Gasteiger partial charge in [0.25, 0.3) is 0 Å². The summed E-state index contributed by atoms with van der Waals surface area (Å²) in [5.74, 6) is 0. The normalized spacial score (nSPS) is 13.1. The van der Waals surface area contributed by atoms with E-state index < -0.39 is 0 Å². The number of anilines is 3. The topological polar surface area (TPSA) is 3.24 Å². The summed E-state index contributed by atoms with van der Waals surface area (Å²) in [6, 6.07) is 70.5. The highest BCUT2D eigenvalue weighted by atomic mass is 15.1. The van der Waals surface area contributed by atoms with Gasteiger partial charge in [-0.25, -0.2) is 0 Å². The highest BCUT2D eigenvalue weighted by molar-refractivity contribution is 5.94. The Labute approximate surface area is 306 Å². The molecular weight excluding hydrogens is 627 g/mol. The summed E-state index contributed by atoms with van der Waals surface area (Å²) >= 11 is 0. The van der Waals surface area contributed by atoms with Crippen molar-refractivity contribution in [3.63, 3.8) is 0 Å². The van der Waals surface area contributed by atoms with Gasteiger partial charge in [-0.3, -0.25) is 0 Å². The van der Waals surface area contributed by atoms with Crippen molar-refractivity contribution in [2.45, 2.75) is 19.3 Å². The van der Waals surface area contributed by atoms with E-state index in [1.165, 1.54) is 66.4 Å². The van der Waals surface area contributed by atoms with Crippen LogP contribution in [0, 0.1) is 0 Å². The van der Waals surface area contributed by atoms with Crippen LogP contribution in [0.25, 0.3) is 55.8 Å². The molecule has 8 aromatic rings. The number of nitrogens with zero attached hydrogens (tertiary/aromatic N) is 1. The van der Waals surface area contributed by atoms with Crippen molar-refractivity contribution in [3.8, 4) is 33.4 Å². The third-order valence-electron chi connectivity index (χ3n) is 10.7. The van der Waals surface area contributed by atoms with Gasteiger partial charge in [0.15, 0.2) is 0 Å². The van der Waals surface area contributed by atoms with E-state index in [9.17, 15) is 0 Å². The minimum Gasteiger partial charge on any atom is -0.311 e. The molecule has 1 heteroatoms. The molecule has 0 saturated heterocycles. The van der Waals surface area contributed by atoms with E-state index in [4.69, 9.17) is 0 Å². The third kappa shape index (κ3) is 5.81. The fourth-order valence-corrected chi connectivity index (χ4v) is 7.82. The van der Waals surface area contributed by atoms with Crippen molar-refractivity contribution in [2.75, 3.05) is 4.90 Å². The fourth-order valence-electron chi connectivity index (χ4n) is 7.82. The summed E-state index contributed by atoms with van der Waals surface area (Å²) in [6.07, 6.45) is 2.36. The molecule has 0 spiro atoms. The number of benzene rings is 8. The zero-order chi connectivity index (χ0) is 35.1. The largest absolute Gasteiger partial charge is 0.311 e. The van der Waals surface area contributed by atoms with Crippen LogP contribution >= 0.6 is 0 Å². The predicted octanol–water partition coefficient (Wildman–Crippen LogP) is 14.1. The fraction of sp³-hybridized carbons (Fsp3) is 0.0588. The van der Waals surface area contributed by atoms with Crippen LogP contribution < -0.4 is 4.90 Å². The molecule has 1 aliphatic carbocycles. The highest BCUT2D eigenvalue weighted by Gasteiger charge is 2.33. The molecule has 0 aromatic heterocycles. The van der Waals surface area contributed by atoms with Crippen molar-refractivity contribution < 1.29 is 0 Å². The van der Waals surface area contributed by atoms with E-state index in [1.807, 2.05) is 0 Å². The number of hydrogen-bond donors (Lipinski definition) is 0. The van der Waals surface area contributed by atoms with Crippen LogP contribution in [-0.4, -0.2) is 0 Å². The minimum atomic E-state index is -0.0501. The van der Waals surface area contributed by atoms with Crippen LogP contribution in [0.5, 0.6) is 0 Å². The Morgan fingerprint density at radius 3 is 1.35 bits per heavy atom. The first-order valence-electron chi connectivity index (χ1n) is 18.1. The summed E-state index contributed by atoms with van der Waals surface area (Å²) in [7, 11) is 0. The standard InChI is InChI=1S/C51H39N/c1-51(2)49-15-9-8-14-45(49)35-50(51)42-26-32-48(33-27-42)52(47-30-24-41(25-31-47)44-21-20-37-12-6-7-13-43(37)34-44)46-28-22-40(23-29-46)39-18-16-38(17-19-39)36-10-4-3-5-11-36/h3-35H,1-2H3. The molecule has 0 N–H and O–H groups in total. The van der Waals surface area contributed by atoms with Gasteiger partial charge in [0, 0.05) is 22.5 Å². The molecule has 8 aromatic carbocycles. The van der Waals surface area contributed by atoms with E-state index in [0.29, 0.717) is 0 Å². The summed E-state index contributed by atoms with van der Waals surface area (Å²) in [6.45, 7) is 4.66. The van der Waals surface area contributed by atoms with Crippen LogP contribution in [0.1, 0.15) is 30.5 Å². The molecule has 0 heterocycles. The van der Waals surface area contributed by atoms with Gasteiger partial charge in [0.05, 0.1) is 0 Å². The van der Waals surface area contributed by atoms with Crippen molar-refractivity contribution in [2.24, 2.45) is 0 Å². The summed E-state index contributed by atoms with van der Waals surface area (Å²) in [5.41, 5.74) is 15.9. The number of rotatable bonds is 7. The molecule has 1 nitrogen and oxygen atoms in total. The Kier molecular flexibility index (Phi) is 7.90. The van der Waals surface area contributed by atoms with Gasteiger partial charge >= 0.3 is 0 Å². The lowest BCUT2D eigenvalue weighted by Crippen LogP contribution is -2.16. The lowest BCUT2D eigenvalue weighted by molar-refractivity contribution is 0.704. The van der Waals surface area contributed by atoms with E-state index in [0.717, 1.165) is 17.1 Å². The Bertz CT molecular complexity index is 2540. The molecule has 0 bridgehead atoms. The number of allylic oxidation sites excluding steroid dienone is 1. The van der Waals surface area contributed by atoms with E-state index in [2.05, 4.69) is 219 Å². The van der Waals surface area contributed by atoms with Gasteiger partial charge in [-0.15, -0.1) is 0 Å². The Morgan fingerprint density at radius 1 is 0.346 bits per heavy atom. The minimum absolute atomic E-state index is 0.0501. The smallest absolute Gasteiger partial charge is 0.0462 e. The molecule has 1 aliphatic rings. The van der Waals surface area contributed by atoms with Crippen molar-refractivity contribution in [1.29, 1.82) is 0 Å². The summed E-state index contributed by atoms with van der Waals surface area (Å²) in [4.78, 5) is 2.36. The van der Waals surface area contributed by atoms with Crippen molar-refractivity contribution in [1.82, 2.24) is 0 Å². The van der Waals surface area contributed by atoms with Crippen molar-refractivity contribution >= 4 is 39.5 Å². The van der Waals surface area contributed by atoms with Gasteiger partial charge < -0.3 is 4.90 Å². The number of fused-ring (bicyclic) bond motifs is 2. The van der Waals surface area contributed by atoms with E-state index in [1.54, 1.807) is 0 Å². The maximum atomic E-state index is 2.36. The summed E-state index contributed by atoms with van der Waals surface area (Å²) < 4.78 is 0. The maximum Gasteiger partial charge on any atom is 0.0462 e. The molecule has 0 saturated carbocycles. The Morgan fingerprint density at radius 2 is 0.769 bits per heavy atom. The van der Waals surface area contributed by atoms with Crippen molar-refractivity contribution in [3.05, 3.63) is 211 Å². The van der Waals surface area contributed by atoms with Gasteiger partial charge in [-0.2, -0.15) is 0 Å². The van der Waals surface area contributed by atoms with Crippen LogP contribution in [0.2, 0.25) is 0 Å². The molecule has 0 amide bonds. The van der Waals surface area contributed by atoms with Gasteiger partial charge in [0.1, 0.15) is 0 Å². The lowest BCUT2D eigenvalue weighted by Gasteiger charge is -2.28.